The molecule has 0 unspecified atom stereocenters. The van der Waals surface area contributed by atoms with Crippen LogP contribution in [0.4, 0.5) is 0 Å². The molecule has 0 saturated carbocycles. The summed E-state index contributed by atoms with van der Waals surface area (Å²) in [7, 11) is 0. The highest BCUT2D eigenvalue weighted by molar-refractivity contribution is 5.94. The van der Waals surface area contributed by atoms with Crippen molar-refractivity contribution >= 4 is 5.91 Å². The molecule has 0 aromatic heterocycles. The van der Waals surface area contributed by atoms with E-state index in [1.165, 1.54) is 5.56 Å². The number of ether oxygens (including phenoxy) is 1. The van der Waals surface area contributed by atoms with Crippen LogP contribution in [0.5, 0.6) is 5.75 Å². The van der Waals surface area contributed by atoms with E-state index in [0.717, 1.165) is 17.7 Å². The van der Waals surface area contributed by atoms with Gasteiger partial charge in [0, 0.05) is 5.56 Å². The van der Waals surface area contributed by atoms with Gasteiger partial charge in [-0.25, -0.2) is 0 Å². The lowest BCUT2D eigenvalue weighted by molar-refractivity contribution is 0.0935. The summed E-state index contributed by atoms with van der Waals surface area (Å²) in [4.78, 5) is 12.4. The van der Waals surface area contributed by atoms with E-state index in [1.807, 2.05) is 26.0 Å². The van der Waals surface area contributed by atoms with Crippen molar-refractivity contribution in [3.8, 4) is 5.75 Å². The molecule has 0 aliphatic carbocycles. The normalized spacial score (nSPS) is 12.0. The standard InChI is InChI=1S/C20H25NO2/c1-5-19(16-8-6-15(4)7-9-16)21-20(22)17-10-12-18(13-11-17)23-14(2)3/h6-14,19H,5H2,1-4H3,(H,21,22)/t19-/m0/s1. The predicted molar refractivity (Wildman–Crippen MR) is 93.9 cm³/mol. The molecule has 2 rings (SSSR count). The molecule has 2 aromatic rings. The van der Waals surface area contributed by atoms with E-state index in [9.17, 15) is 4.79 Å². The smallest absolute Gasteiger partial charge is 0.251 e. The van der Waals surface area contributed by atoms with Gasteiger partial charge in [-0.05, 0) is 57.0 Å². The van der Waals surface area contributed by atoms with Crippen molar-refractivity contribution < 1.29 is 9.53 Å². The molecular weight excluding hydrogens is 286 g/mol. The third kappa shape index (κ3) is 4.85. The summed E-state index contributed by atoms with van der Waals surface area (Å²) in [6, 6.07) is 15.6. The van der Waals surface area contributed by atoms with Crippen LogP contribution in [0.1, 0.15) is 54.7 Å². The Balaban J connectivity index is 2.05. The molecule has 0 aliphatic heterocycles. The lowest BCUT2D eigenvalue weighted by Crippen LogP contribution is -2.28. The fourth-order valence-electron chi connectivity index (χ4n) is 2.42. The van der Waals surface area contributed by atoms with E-state index >= 15 is 0 Å². The maximum atomic E-state index is 12.4. The first-order chi connectivity index (χ1) is 11.0. The number of amides is 1. The highest BCUT2D eigenvalue weighted by atomic mass is 16.5. The summed E-state index contributed by atoms with van der Waals surface area (Å²) in [6.07, 6.45) is 0.976. The van der Waals surface area contributed by atoms with Gasteiger partial charge in [-0.1, -0.05) is 36.8 Å². The Morgan fingerprint density at radius 3 is 2.17 bits per heavy atom. The first kappa shape index (κ1) is 17.1. The molecule has 0 fully saturated rings. The van der Waals surface area contributed by atoms with Crippen LogP contribution in [-0.2, 0) is 0 Å². The average molecular weight is 311 g/mol. The van der Waals surface area contributed by atoms with Crippen LogP contribution in [0, 0.1) is 6.92 Å². The van der Waals surface area contributed by atoms with Crippen LogP contribution in [0.25, 0.3) is 0 Å². The number of rotatable bonds is 6. The third-order valence-corrected chi connectivity index (χ3v) is 3.68. The Bertz CT molecular complexity index is 630. The van der Waals surface area contributed by atoms with E-state index in [2.05, 4.69) is 43.4 Å². The van der Waals surface area contributed by atoms with Crippen LogP contribution < -0.4 is 10.1 Å². The molecule has 3 heteroatoms. The van der Waals surface area contributed by atoms with Gasteiger partial charge in [-0.15, -0.1) is 0 Å². The minimum atomic E-state index is -0.0616. The average Bonchev–Trinajstić information content (AvgIpc) is 2.53. The largest absolute Gasteiger partial charge is 0.491 e. The fraction of sp³-hybridized carbons (Fsp3) is 0.350. The molecule has 1 atom stereocenters. The number of aryl methyl sites for hydroxylation is 1. The summed E-state index contributed by atoms with van der Waals surface area (Å²) in [5.41, 5.74) is 2.99. The van der Waals surface area contributed by atoms with E-state index in [-0.39, 0.29) is 18.1 Å². The molecule has 0 aliphatic rings. The Morgan fingerprint density at radius 2 is 1.65 bits per heavy atom. The van der Waals surface area contributed by atoms with Gasteiger partial charge < -0.3 is 10.1 Å². The number of benzene rings is 2. The van der Waals surface area contributed by atoms with Crippen molar-refractivity contribution in [2.75, 3.05) is 0 Å². The lowest BCUT2D eigenvalue weighted by atomic mass is 10.0. The molecule has 23 heavy (non-hydrogen) atoms. The second-order valence-corrected chi connectivity index (χ2v) is 6.04. The van der Waals surface area contributed by atoms with Gasteiger partial charge in [0.05, 0.1) is 12.1 Å². The number of carbonyl (C=O) groups excluding carboxylic acids is 1. The topological polar surface area (TPSA) is 38.3 Å². The van der Waals surface area contributed by atoms with Crippen LogP contribution in [0.2, 0.25) is 0 Å². The Hall–Kier alpha value is -2.29. The summed E-state index contributed by atoms with van der Waals surface area (Å²) in [5, 5.41) is 3.10. The Morgan fingerprint density at radius 1 is 1.04 bits per heavy atom. The van der Waals surface area contributed by atoms with E-state index in [4.69, 9.17) is 4.74 Å². The molecule has 0 radical (unpaired) electrons. The molecule has 1 N–H and O–H groups in total. The van der Waals surface area contributed by atoms with Gasteiger partial charge in [0.25, 0.3) is 5.91 Å². The number of hydrogen-bond acceptors (Lipinski definition) is 2. The van der Waals surface area contributed by atoms with E-state index in [0.29, 0.717) is 5.56 Å². The van der Waals surface area contributed by atoms with Gasteiger partial charge in [0.15, 0.2) is 0 Å². The first-order valence-corrected chi connectivity index (χ1v) is 8.13. The van der Waals surface area contributed by atoms with Crippen LogP contribution in [-0.4, -0.2) is 12.0 Å². The Kier molecular flexibility index (Phi) is 5.80. The zero-order chi connectivity index (χ0) is 16.8. The second-order valence-electron chi connectivity index (χ2n) is 6.04. The number of nitrogens with one attached hydrogen (secondary N) is 1. The molecule has 0 spiro atoms. The highest BCUT2D eigenvalue weighted by Gasteiger charge is 2.14. The molecule has 0 saturated heterocycles. The zero-order valence-corrected chi connectivity index (χ0v) is 14.3. The van der Waals surface area contributed by atoms with Crippen LogP contribution in [0.3, 0.4) is 0 Å². The van der Waals surface area contributed by atoms with E-state index in [1.54, 1.807) is 12.1 Å². The maximum absolute atomic E-state index is 12.4. The third-order valence-electron chi connectivity index (χ3n) is 3.68. The number of hydrogen-bond donors (Lipinski definition) is 1. The first-order valence-electron chi connectivity index (χ1n) is 8.13. The van der Waals surface area contributed by atoms with Gasteiger partial charge in [0.2, 0.25) is 0 Å². The SMILES string of the molecule is CC[C@H](NC(=O)c1ccc(OC(C)C)cc1)c1ccc(C)cc1. The molecule has 0 bridgehead atoms. The minimum absolute atomic E-state index is 0.0229. The predicted octanol–water partition coefficient (Wildman–Crippen LogP) is 4.66. The zero-order valence-electron chi connectivity index (χ0n) is 14.3. The maximum Gasteiger partial charge on any atom is 0.251 e. The van der Waals surface area contributed by atoms with Crippen molar-refractivity contribution in [2.24, 2.45) is 0 Å². The van der Waals surface area contributed by atoms with E-state index < -0.39 is 0 Å². The van der Waals surface area contributed by atoms with Gasteiger partial charge in [-0.2, -0.15) is 0 Å². The molecular formula is C20H25NO2. The van der Waals surface area contributed by atoms with Gasteiger partial charge >= 0.3 is 0 Å². The monoisotopic (exact) mass is 311 g/mol. The van der Waals surface area contributed by atoms with Crippen molar-refractivity contribution in [1.29, 1.82) is 0 Å². The quantitative estimate of drug-likeness (QED) is 0.842. The van der Waals surface area contributed by atoms with Crippen LogP contribution in [0.15, 0.2) is 48.5 Å². The molecule has 2 aromatic carbocycles. The molecule has 1 amide bonds. The van der Waals surface area contributed by atoms with Crippen LogP contribution >= 0.6 is 0 Å². The van der Waals surface area contributed by atoms with Crippen molar-refractivity contribution in [2.45, 2.75) is 46.3 Å². The fourth-order valence-corrected chi connectivity index (χ4v) is 2.42. The lowest BCUT2D eigenvalue weighted by Gasteiger charge is -2.18. The van der Waals surface area contributed by atoms with Gasteiger partial charge in [0.1, 0.15) is 5.75 Å². The van der Waals surface area contributed by atoms with Crippen molar-refractivity contribution in [3.05, 3.63) is 65.2 Å². The molecule has 3 nitrogen and oxygen atoms in total. The van der Waals surface area contributed by atoms with Crippen molar-refractivity contribution in [1.82, 2.24) is 5.32 Å². The second kappa shape index (κ2) is 7.82. The van der Waals surface area contributed by atoms with Crippen molar-refractivity contribution in [3.63, 3.8) is 0 Å². The number of carbonyl (C=O) groups is 1. The highest BCUT2D eigenvalue weighted by Crippen LogP contribution is 2.19. The summed E-state index contributed by atoms with van der Waals surface area (Å²) in [6.45, 7) is 8.09. The summed E-state index contributed by atoms with van der Waals surface area (Å²) in [5.74, 6) is 0.718. The minimum Gasteiger partial charge on any atom is -0.491 e. The Labute approximate surface area is 138 Å². The summed E-state index contributed by atoms with van der Waals surface area (Å²) >= 11 is 0. The molecule has 122 valence electrons. The van der Waals surface area contributed by atoms with Gasteiger partial charge in [-0.3, -0.25) is 4.79 Å². The molecule has 0 heterocycles. The summed E-state index contributed by atoms with van der Waals surface area (Å²) < 4.78 is 5.60.